The van der Waals surface area contributed by atoms with Gasteiger partial charge in [0.2, 0.25) is 0 Å². The lowest BCUT2D eigenvalue weighted by Crippen LogP contribution is -2.57. The molecule has 0 aromatic heterocycles. The molecule has 0 spiro atoms. The molecule has 1 fully saturated rings. The third-order valence-corrected chi connectivity index (χ3v) is 4.27. The van der Waals surface area contributed by atoms with Crippen LogP contribution in [0.15, 0.2) is 18.2 Å². The zero-order valence-corrected chi connectivity index (χ0v) is 11.9. The highest BCUT2D eigenvalue weighted by atomic mass is 16.5. The molecule has 2 atom stereocenters. The first-order valence-electron chi connectivity index (χ1n) is 6.63. The van der Waals surface area contributed by atoms with Crippen LogP contribution in [-0.2, 0) is 4.74 Å². The average Bonchev–Trinajstić information content (AvgIpc) is 2.69. The second-order valence-corrected chi connectivity index (χ2v) is 5.48. The Morgan fingerprint density at radius 1 is 1.33 bits per heavy atom. The standard InChI is InChI=1S/C15H24N2O/c1-11-7-12(2)9-14(8-11)17(4)15(10-16)5-6-18-13(15)3/h7-9,13H,5-6,10,16H2,1-4H3. The van der Waals surface area contributed by atoms with Crippen molar-refractivity contribution in [3.05, 3.63) is 29.3 Å². The zero-order valence-electron chi connectivity index (χ0n) is 11.9. The Morgan fingerprint density at radius 3 is 2.39 bits per heavy atom. The fourth-order valence-electron chi connectivity index (χ4n) is 3.02. The van der Waals surface area contributed by atoms with Crippen LogP contribution in [0.1, 0.15) is 24.5 Å². The molecular weight excluding hydrogens is 224 g/mol. The summed E-state index contributed by atoms with van der Waals surface area (Å²) in [5, 5.41) is 0. The second kappa shape index (κ2) is 4.90. The van der Waals surface area contributed by atoms with Crippen molar-refractivity contribution in [2.24, 2.45) is 5.73 Å². The first-order valence-corrected chi connectivity index (χ1v) is 6.63. The Balaban J connectivity index is 2.37. The van der Waals surface area contributed by atoms with Gasteiger partial charge in [0.25, 0.3) is 0 Å². The highest BCUT2D eigenvalue weighted by Gasteiger charge is 2.44. The van der Waals surface area contributed by atoms with E-state index in [-0.39, 0.29) is 11.6 Å². The van der Waals surface area contributed by atoms with Crippen LogP contribution in [0.3, 0.4) is 0 Å². The van der Waals surface area contributed by atoms with Crippen LogP contribution in [0.4, 0.5) is 5.69 Å². The predicted molar refractivity (Wildman–Crippen MR) is 76.1 cm³/mol. The number of nitrogens with zero attached hydrogens (tertiary/aromatic N) is 1. The van der Waals surface area contributed by atoms with Crippen LogP contribution < -0.4 is 10.6 Å². The van der Waals surface area contributed by atoms with Crippen molar-refractivity contribution in [3.63, 3.8) is 0 Å². The van der Waals surface area contributed by atoms with Crippen molar-refractivity contribution < 1.29 is 4.74 Å². The Morgan fingerprint density at radius 2 is 1.94 bits per heavy atom. The maximum atomic E-state index is 6.05. The van der Waals surface area contributed by atoms with Gasteiger partial charge in [0.05, 0.1) is 11.6 Å². The summed E-state index contributed by atoms with van der Waals surface area (Å²) in [6, 6.07) is 6.63. The van der Waals surface area contributed by atoms with Crippen LogP contribution in [0.25, 0.3) is 0 Å². The molecule has 1 aromatic rings. The second-order valence-electron chi connectivity index (χ2n) is 5.48. The largest absolute Gasteiger partial charge is 0.376 e. The molecule has 18 heavy (non-hydrogen) atoms. The highest BCUT2D eigenvalue weighted by Crippen LogP contribution is 2.34. The summed E-state index contributed by atoms with van der Waals surface area (Å²) in [4.78, 5) is 2.31. The molecular formula is C15H24N2O. The normalized spacial score (nSPS) is 27.5. The van der Waals surface area contributed by atoms with Crippen molar-refractivity contribution >= 4 is 5.69 Å². The number of hydrogen-bond donors (Lipinski definition) is 1. The maximum Gasteiger partial charge on any atom is 0.0800 e. The van der Waals surface area contributed by atoms with Crippen molar-refractivity contribution in [2.45, 2.75) is 38.8 Å². The lowest BCUT2D eigenvalue weighted by Gasteiger charge is -2.42. The molecule has 3 nitrogen and oxygen atoms in total. The number of likely N-dealkylation sites (N-methyl/N-ethyl adjacent to an activating group) is 1. The number of benzene rings is 1. The van der Waals surface area contributed by atoms with E-state index in [1.807, 2.05) is 0 Å². The minimum Gasteiger partial charge on any atom is -0.376 e. The molecule has 2 N–H and O–H groups in total. The summed E-state index contributed by atoms with van der Waals surface area (Å²) in [6.07, 6.45) is 1.17. The van der Waals surface area contributed by atoms with Gasteiger partial charge in [0.1, 0.15) is 0 Å². The third-order valence-electron chi connectivity index (χ3n) is 4.27. The molecule has 1 aliphatic heterocycles. The fourth-order valence-corrected chi connectivity index (χ4v) is 3.02. The SMILES string of the molecule is Cc1cc(C)cc(N(C)C2(CN)CCOC2C)c1. The van der Waals surface area contributed by atoms with Crippen molar-refractivity contribution in [2.75, 3.05) is 25.1 Å². The van der Waals surface area contributed by atoms with Crippen LogP contribution >= 0.6 is 0 Å². The van der Waals surface area contributed by atoms with E-state index in [1.54, 1.807) is 0 Å². The number of ether oxygens (including phenoxy) is 1. The first kappa shape index (κ1) is 13.4. The van der Waals surface area contributed by atoms with E-state index in [1.165, 1.54) is 16.8 Å². The lowest BCUT2D eigenvalue weighted by atomic mass is 9.89. The van der Waals surface area contributed by atoms with Crippen LogP contribution in [0.2, 0.25) is 0 Å². The van der Waals surface area contributed by atoms with Crippen molar-refractivity contribution in [3.8, 4) is 0 Å². The molecule has 2 rings (SSSR count). The molecule has 0 radical (unpaired) electrons. The molecule has 1 aliphatic rings. The molecule has 2 unspecified atom stereocenters. The summed E-state index contributed by atoms with van der Waals surface area (Å²) < 4.78 is 5.74. The molecule has 1 heterocycles. The Labute approximate surface area is 110 Å². The van der Waals surface area contributed by atoms with Gasteiger partial charge in [-0.3, -0.25) is 0 Å². The number of anilines is 1. The monoisotopic (exact) mass is 248 g/mol. The molecule has 100 valence electrons. The van der Waals surface area contributed by atoms with E-state index in [0.29, 0.717) is 6.54 Å². The van der Waals surface area contributed by atoms with Gasteiger partial charge in [0, 0.05) is 25.9 Å². The predicted octanol–water partition coefficient (Wildman–Crippen LogP) is 2.25. The van der Waals surface area contributed by atoms with Gasteiger partial charge >= 0.3 is 0 Å². The highest BCUT2D eigenvalue weighted by molar-refractivity contribution is 5.53. The topological polar surface area (TPSA) is 38.5 Å². The number of nitrogens with two attached hydrogens (primary N) is 1. The van der Waals surface area contributed by atoms with Crippen LogP contribution in [-0.4, -0.2) is 31.8 Å². The van der Waals surface area contributed by atoms with Crippen LogP contribution in [0, 0.1) is 13.8 Å². The Hall–Kier alpha value is -1.06. The smallest absolute Gasteiger partial charge is 0.0800 e. The molecule has 0 aliphatic carbocycles. The van der Waals surface area contributed by atoms with Crippen molar-refractivity contribution in [1.29, 1.82) is 0 Å². The Kier molecular flexibility index (Phi) is 3.64. The van der Waals surface area contributed by atoms with Crippen molar-refractivity contribution in [1.82, 2.24) is 0 Å². The number of aryl methyl sites for hydroxylation is 2. The summed E-state index contributed by atoms with van der Waals surface area (Å²) in [6.45, 7) is 7.81. The summed E-state index contributed by atoms with van der Waals surface area (Å²) >= 11 is 0. The lowest BCUT2D eigenvalue weighted by molar-refractivity contribution is 0.0961. The first-order chi connectivity index (χ1) is 8.49. The van der Waals surface area contributed by atoms with Gasteiger partial charge in [-0.05, 0) is 50.5 Å². The fraction of sp³-hybridized carbons (Fsp3) is 0.600. The number of hydrogen-bond acceptors (Lipinski definition) is 3. The molecule has 0 amide bonds. The van der Waals surface area contributed by atoms with E-state index in [4.69, 9.17) is 10.5 Å². The maximum absolute atomic E-state index is 6.05. The van der Waals surface area contributed by atoms with E-state index in [9.17, 15) is 0 Å². The minimum atomic E-state index is -0.0692. The van der Waals surface area contributed by atoms with Gasteiger partial charge in [-0.15, -0.1) is 0 Å². The van der Waals surface area contributed by atoms with E-state index < -0.39 is 0 Å². The van der Waals surface area contributed by atoms with Gasteiger partial charge in [-0.1, -0.05) is 6.07 Å². The van der Waals surface area contributed by atoms with E-state index >= 15 is 0 Å². The van der Waals surface area contributed by atoms with Gasteiger partial charge in [0.15, 0.2) is 0 Å². The van der Waals surface area contributed by atoms with Gasteiger partial charge in [-0.25, -0.2) is 0 Å². The Bertz CT molecular complexity index is 412. The summed E-state index contributed by atoms with van der Waals surface area (Å²) in [5.41, 5.74) is 9.79. The molecule has 3 heteroatoms. The number of rotatable bonds is 3. The summed E-state index contributed by atoms with van der Waals surface area (Å²) in [7, 11) is 2.13. The minimum absolute atomic E-state index is 0.0692. The molecule has 0 bridgehead atoms. The van der Waals surface area contributed by atoms with E-state index in [0.717, 1.165) is 13.0 Å². The third kappa shape index (κ3) is 2.13. The summed E-state index contributed by atoms with van der Waals surface area (Å²) in [5.74, 6) is 0. The van der Waals surface area contributed by atoms with Gasteiger partial charge < -0.3 is 15.4 Å². The molecule has 1 saturated heterocycles. The average molecular weight is 248 g/mol. The molecule has 1 aromatic carbocycles. The van der Waals surface area contributed by atoms with E-state index in [2.05, 4.69) is 50.9 Å². The molecule has 0 saturated carbocycles. The zero-order chi connectivity index (χ0) is 13.3. The van der Waals surface area contributed by atoms with Gasteiger partial charge in [-0.2, -0.15) is 0 Å². The van der Waals surface area contributed by atoms with Crippen LogP contribution in [0.5, 0.6) is 0 Å². The quantitative estimate of drug-likeness (QED) is 0.891.